The average Bonchev–Trinajstić information content (AvgIpc) is 3.08. The van der Waals surface area contributed by atoms with Crippen LogP contribution in [-0.4, -0.2) is 36.1 Å². The Morgan fingerprint density at radius 2 is 2.29 bits per heavy atom. The summed E-state index contributed by atoms with van der Waals surface area (Å²) in [5, 5.41) is 13.3. The third kappa shape index (κ3) is 2.63. The van der Waals surface area contributed by atoms with Crippen molar-refractivity contribution in [3.63, 3.8) is 0 Å². The van der Waals surface area contributed by atoms with Crippen LogP contribution in [0.2, 0.25) is 0 Å². The highest BCUT2D eigenvalue weighted by Gasteiger charge is 2.29. The van der Waals surface area contributed by atoms with Gasteiger partial charge in [0, 0.05) is 23.5 Å². The van der Waals surface area contributed by atoms with Crippen molar-refractivity contribution in [2.45, 2.75) is 31.3 Å². The minimum atomic E-state index is 0.302. The molecular weight excluding hydrogens is 332 g/mol. The Bertz CT molecular complexity index is 703. The lowest BCUT2D eigenvalue weighted by atomic mass is 10.1. The summed E-state index contributed by atoms with van der Waals surface area (Å²) in [4.78, 5) is 6.70. The Kier molecular flexibility index (Phi) is 3.87. The van der Waals surface area contributed by atoms with Gasteiger partial charge in [0.25, 0.3) is 0 Å². The normalized spacial score (nSPS) is 21.9. The first-order valence-electron chi connectivity index (χ1n) is 7.01. The van der Waals surface area contributed by atoms with Crippen molar-refractivity contribution < 1.29 is 4.42 Å². The quantitative estimate of drug-likeness (QED) is 0.921. The van der Waals surface area contributed by atoms with Crippen LogP contribution in [0.15, 0.2) is 21.2 Å². The van der Waals surface area contributed by atoms with Crippen LogP contribution in [0.3, 0.4) is 0 Å². The van der Waals surface area contributed by atoms with Crippen LogP contribution in [-0.2, 0) is 0 Å². The second-order valence-corrected chi connectivity index (χ2v) is 6.43. The van der Waals surface area contributed by atoms with E-state index in [4.69, 9.17) is 9.68 Å². The van der Waals surface area contributed by atoms with Gasteiger partial charge in [0.1, 0.15) is 11.9 Å². The maximum Gasteiger partial charge on any atom is 0.204 e. The van der Waals surface area contributed by atoms with E-state index < -0.39 is 0 Å². The maximum atomic E-state index is 8.92. The summed E-state index contributed by atoms with van der Waals surface area (Å²) < 4.78 is 6.25. The number of nitrogens with zero attached hydrogens (tertiary/aromatic N) is 3. The molecule has 0 amide bonds. The highest BCUT2D eigenvalue weighted by Crippen LogP contribution is 2.34. The molecule has 0 aliphatic heterocycles. The van der Waals surface area contributed by atoms with Crippen molar-refractivity contribution in [1.82, 2.24) is 9.88 Å². The number of hydrogen-bond acceptors (Lipinski definition) is 5. The van der Waals surface area contributed by atoms with E-state index in [0.717, 1.165) is 22.1 Å². The molecule has 0 radical (unpaired) electrons. The fourth-order valence-corrected chi connectivity index (χ4v) is 3.56. The van der Waals surface area contributed by atoms with Crippen LogP contribution in [0.5, 0.6) is 0 Å². The second kappa shape index (κ2) is 5.66. The molecule has 3 rings (SSSR count). The summed E-state index contributed by atoms with van der Waals surface area (Å²) in [5.74, 6) is 1.11. The first kappa shape index (κ1) is 14.4. The number of rotatable bonds is 3. The monoisotopic (exact) mass is 348 g/mol. The molecule has 1 N–H and O–H groups in total. The molecule has 1 fully saturated rings. The molecule has 5 nitrogen and oxygen atoms in total. The van der Waals surface area contributed by atoms with Crippen LogP contribution >= 0.6 is 15.9 Å². The van der Waals surface area contributed by atoms with Gasteiger partial charge in [-0.3, -0.25) is 0 Å². The number of nitriles is 1. The largest absolute Gasteiger partial charge is 0.444 e. The van der Waals surface area contributed by atoms with Crippen molar-refractivity contribution in [2.75, 3.05) is 19.4 Å². The fraction of sp³-hybridized carbons (Fsp3) is 0.467. The Morgan fingerprint density at radius 3 is 3.00 bits per heavy atom. The average molecular weight is 349 g/mol. The van der Waals surface area contributed by atoms with Crippen LogP contribution in [0.4, 0.5) is 5.82 Å². The Balaban J connectivity index is 1.91. The van der Waals surface area contributed by atoms with E-state index in [0.29, 0.717) is 23.4 Å². The molecule has 6 heteroatoms. The van der Waals surface area contributed by atoms with E-state index in [2.05, 4.69) is 45.2 Å². The van der Waals surface area contributed by atoms with Gasteiger partial charge in [-0.15, -0.1) is 0 Å². The number of fused-ring (bicyclic) bond motifs is 1. The highest BCUT2D eigenvalue weighted by molar-refractivity contribution is 9.10. The number of hydrogen-bond donors (Lipinski definition) is 1. The molecule has 21 heavy (non-hydrogen) atoms. The van der Waals surface area contributed by atoms with E-state index in [1.54, 1.807) is 12.3 Å². The molecule has 2 atom stereocenters. The lowest BCUT2D eigenvalue weighted by Crippen LogP contribution is -2.39. The van der Waals surface area contributed by atoms with Gasteiger partial charge >= 0.3 is 0 Å². The van der Waals surface area contributed by atoms with Crippen LogP contribution in [0, 0.1) is 11.3 Å². The molecule has 1 aliphatic carbocycles. The predicted molar refractivity (Wildman–Crippen MR) is 85.2 cm³/mol. The Morgan fingerprint density at radius 1 is 1.48 bits per heavy atom. The lowest BCUT2D eigenvalue weighted by Gasteiger charge is -2.27. The fourth-order valence-electron chi connectivity index (χ4n) is 3.04. The van der Waals surface area contributed by atoms with E-state index in [9.17, 15) is 0 Å². The van der Waals surface area contributed by atoms with Crippen LogP contribution < -0.4 is 5.32 Å². The van der Waals surface area contributed by atoms with Gasteiger partial charge in [-0.05, 0) is 49.3 Å². The zero-order valence-electron chi connectivity index (χ0n) is 12.1. The summed E-state index contributed by atoms with van der Waals surface area (Å²) in [7, 11) is 4.23. The van der Waals surface area contributed by atoms with Crippen LogP contribution in [0.25, 0.3) is 11.0 Å². The van der Waals surface area contributed by atoms with Gasteiger partial charge in [-0.1, -0.05) is 0 Å². The molecule has 2 aromatic heterocycles. The van der Waals surface area contributed by atoms with Gasteiger partial charge in [0.15, 0.2) is 5.58 Å². The molecule has 1 saturated carbocycles. The van der Waals surface area contributed by atoms with E-state index in [1.165, 1.54) is 12.8 Å². The Labute approximate surface area is 132 Å². The lowest BCUT2D eigenvalue weighted by molar-refractivity contribution is 0.285. The number of aromatic nitrogens is 1. The van der Waals surface area contributed by atoms with Gasteiger partial charge in [-0.25, -0.2) is 4.98 Å². The maximum absolute atomic E-state index is 8.92. The molecular formula is C15H17BrN4O. The minimum Gasteiger partial charge on any atom is -0.444 e. The summed E-state index contributed by atoms with van der Waals surface area (Å²) >= 11 is 3.58. The zero-order valence-corrected chi connectivity index (χ0v) is 13.6. The van der Waals surface area contributed by atoms with Crippen LogP contribution in [0.1, 0.15) is 25.0 Å². The summed E-state index contributed by atoms with van der Waals surface area (Å²) in [6.07, 6.45) is 5.24. The first-order chi connectivity index (χ1) is 10.1. The SMILES string of the molecule is CN(C)[C@H]1CCC[C@@H]1Nc1ncc2oc(C#N)cc2c1Br. The number of nitrogens with one attached hydrogen (secondary N) is 1. The molecule has 0 unspecified atom stereocenters. The van der Waals surface area contributed by atoms with Gasteiger partial charge < -0.3 is 14.6 Å². The first-order valence-corrected chi connectivity index (χ1v) is 7.80. The van der Waals surface area contributed by atoms with E-state index in [1.807, 2.05) is 6.07 Å². The Hall–Kier alpha value is -1.58. The van der Waals surface area contributed by atoms with E-state index in [-0.39, 0.29) is 0 Å². The van der Waals surface area contributed by atoms with Crippen molar-refractivity contribution in [1.29, 1.82) is 5.26 Å². The standard InChI is InChI=1S/C15H17BrN4O/c1-20(2)12-5-3-4-11(12)19-15-14(16)10-6-9(7-17)21-13(10)8-18-15/h6,8,11-12H,3-5H2,1-2H3,(H,18,19)/t11-,12-/m0/s1. The van der Waals surface area contributed by atoms with Crippen molar-refractivity contribution >= 4 is 32.7 Å². The number of furan rings is 1. The minimum absolute atomic E-state index is 0.302. The number of halogens is 1. The second-order valence-electron chi connectivity index (χ2n) is 5.63. The smallest absolute Gasteiger partial charge is 0.204 e. The third-order valence-electron chi connectivity index (χ3n) is 4.09. The van der Waals surface area contributed by atoms with Crippen molar-refractivity contribution in [3.8, 4) is 6.07 Å². The number of likely N-dealkylation sites (N-methyl/N-ethyl adjacent to an activating group) is 1. The predicted octanol–water partition coefficient (Wildman–Crippen LogP) is 3.36. The summed E-state index contributed by atoms with van der Waals surface area (Å²) in [5.41, 5.74) is 0.625. The molecule has 0 spiro atoms. The van der Waals surface area contributed by atoms with E-state index >= 15 is 0 Å². The van der Waals surface area contributed by atoms with Gasteiger partial charge in [0.2, 0.25) is 5.76 Å². The van der Waals surface area contributed by atoms with Crippen molar-refractivity contribution in [3.05, 3.63) is 22.5 Å². The number of anilines is 1. The summed E-state index contributed by atoms with van der Waals surface area (Å²) in [6, 6.07) is 4.67. The molecule has 110 valence electrons. The molecule has 0 aromatic carbocycles. The molecule has 0 bridgehead atoms. The van der Waals surface area contributed by atoms with Crippen molar-refractivity contribution in [2.24, 2.45) is 0 Å². The summed E-state index contributed by atoms with van der Waals surface area (Å²) in [6.45, 7) is 0. The van der Waals surface area contributed by atoms with Gasteiger partial charge in [0.05, 0.1) is 10.7 Å². The molecule has 2 aromatic rings. The molecule has 1 aliphatic rings. The third-order valence-corrected chi connectivity index (χ3v) is 4.89. The number of pyridine rings is 1. The molecule has 0 saturated heterocycles. The topological polar surface area (TPSA) is 65.1 Å². The highest BCUT2D eigenvalue weighted by atomic mass is 79.9. The molecule has 2 heterocycles. The zero-order chi connectivity index (χ0) is 15.0. The van der Waals surface area contributed by atoms with Gasteiger partial charge in [-0.2, -0.15) is 5.26 Å².